The number of fused-ring (bicyclic) bond motifs is 6. The fourth-order valence-corrected chi connectivity index (χ4v) is 9.50. The highest BCUT2D eigenvalue weighted by Crippen LogP contribution is 2.54. The van der Waals surface area contributed by atoms with Crippen LogP contribution >= 0.6 is 0 Å². The molecule has 0 radical (unpaired) electrons. The molecule has 2 heteroatoms. The molecule has 0 saturated carbocycles. The number of aromatic nitrogens is 1. The minimum absolute atomic E-state index is 0.123. The summed E-state index contributed by atoms with van der Waals surface area (Å²) in [5, 5.41) is 2.51. The van der Waals surface area contributed by atoms with E-state index in [4.69, 9.17) is 0 Å². The van der Waals surface area contributed by atoms with Gasteiger partial charge in [-0.25, -0.2) is 0 Å². The Hall–Kier alpha value is -7.42. The third kappa shape index (κ3) is 5.79. The normalized spacial score (nSPS) is 12.7. The van der Waals surface area contributed by atoms with Crippen LogP contribution in [0.25, 0.3) is 72.0 Å². The first kappa shape index (κ1) is 34.8. The highest BCUT2D eigenvalue weighted by atomic mass is 15.1. The molecule has 9 aromatic carbocycles. The summed E-state index contributed by atoms with van der Waals surface area (Å²) in [6, 6.07) is 79.8. The van der Waals surface area contributed by atoms with E-state index in [2.05, 4.69) is 242 Å². The minimum Gasteiger partial charge on any atom is -0.310 e. The monoisotopic (exact) mass is 754 g/mol. The summed E-state index contributed by atoms with van der Waals surface area (Å²) in [6.07, 6.45) is 0. The first-order valence-electron chi connectivity index (χ1n) is 20.5. The molecule has 0 saturated heterocycles. The Kier molecular flexibility index (Phi) is 8.20. The number of rotatable bonds is 7. The van der Waals surface area contributed by atoms with Crippen LogP contribution in [0.2, 0.25) is 0 Å². The Labute approximate surface area is 345 Å². The van der Waals surface area contributed by atoms with Crippen LogP contribution in [0.5, 0.6) is 0 Å². The van der Waals surface area contributed by atoms with Gasteiger partial charge >= 0.3 is 0 Å². The molecule has 280 valence electrons. The molecular weight excluding hydrogens is 713 g/mol. The number of anilines is 3. The predicted octanol–water partition coefficient (Wildman–Crippen LogP) is 15.6. The Bertz CT molecular complexity index is 3160. The molecule has 0 aliphatic heterocycles. The lowest BCUT2D eigenvalue weighted by Crippen LogP contribution is -2.15. The molecular formula is C57H42N2. The number of para-hydroxylation sites is 2. The first-order chi connectivity index (χ1) is 29.0. The summed E-state index contributed by atoms with van der Waals surface area (Å²) < 4.78 is 2.37. The topological polar surface area (TPSA) is 8.17 Å². The second-order valence-corrected chi connectivity index (χ2v) is 16.2. The summed E-state index contributed by atoms with van der Waals surface area (Å²) in [5.41, 5.74) is 19.5. The summed E-state index contributed by atoms with van der Waals surface area (Å²) in [4.78, 5) is 2.42. The molecule has 0 bridgehead atoms. The molecule has 0 atom stereocenters. The largest absolute Gasteiger partial charge is 0.310 e. The zero-order chi connectivity index (χ0) is 39.5. The Balaban J connectivity index is 1.05. The van der Waals surface area contributed by atoms with Gasteiger partial charge in [-0.2, -0.15) is 0 Å². The van der Waals surface area contributed by atoms with Crippen molar-refractivity contribution in [2.24, 2.45) is 0 Å². The molecule has 59 heavy (non-hydrogen) atoms. The van der Waals surface area contributed by atoms with E-state index in [1.807, 2.05) is 0 Å². The van der Waals surface area contributed by atoms with Crippen LogP contribution in [-0.2, 0) is 5.41 Å². The fraction of sp³-hybridized carbons (Fsp3) is 0.0526. The highest BCUT2D eigenvalue weighted by molar-refractivity contribution is 6.10. The van der Waals surface area contributed by atoms with E-state index in [9.17, 15) is 0 Å². The molecule has 11 rings (SSSR count). The molecule has 10 aromatic rings. The van der Waals surface area contributed by atoms with Crippen molar-refractivity contribution in [1.82, 2.24) is 4.57 Å². The molecule has 0 unspecified atom stereocenters. The highest BCUT2D eigenvalue weighted by Gasteiger charge is 2.37. The zero-order valence-corrected chi connectivity index (χ0v) is 33.2. The van der Waals surface area contributed by atoms with Crippen molar-refractivity contribution in [3.8, 4) is 50.2 Å². The quantitative estimate of drug-likeness (QED) is 0.157. The molecule has 1 heterocycles. The van der Waals surface area contributed by atoms with Gasteiger partial charge in [0.25, 0.3) is 0 Å². The lowest BCUT2D eigenvalue weighted by Gasteiger charge is -2.28. The van der Waals surface area contributed by atoms with Crippen LogP contribution in [-0.4, -0.2) is 4.57 Å². The van der Waals surface area contributed by atoms with E-state index < -0.39 is 0 Å². The molecule has 1 aliphatic rings. The van der Waals surface area contributed by atoms with Crippen LogP contribution in [0.4, 0.5) is 17.1 Å². The number of hydrogen-bond donors (Lipinski definition) is 0. The second kappa shape index (κ2) is 13.9. The average Bonchev–Trinajstić information content (AvgIpc) is 3.75. The van der Waals surface area contributed by atoms with Gasteiger partial charge in [0.2, 0.25) is 0 Å². The van der Waals surface area contributed by atoms with E-state index in [-0.39, 0.29) is 5.41 Å². The lowest BCUT2D eigenvalue weighted by atomic mass is 9.82. The van der Waals surface area contributed by atoms with E-state index in [0.717, 1.165) is 17.1 Å². The maximum absolute atomic E-state index is 2.43. The van der Waals surface area contributed by atoms with Gasteiger partial charge in [0.1, 0.15) is 0 Å². The van der Waals surface area contributed by atoms with E-state index in [0.29, 0.717) is 0 Å². The maximum Gasteiger partial charge on any atom is 0.0541 e. The number of benzene rings is 9. The van der Waals surface area contributed by atoms with Gasteiger partial charge < -0.3 is 9.47 Å². The SMILES string of the molecule is CC1(C)c2ccc(N(c3ccc(-c4ccc5c(c4)c4ccccc4n5-c4ccccc4)cc3)c3cccc(-c4ccccc4)c3)cc2-c2c(-c3ccccc3)cccc21. The molecule has 0 fully saturated rings. The van der Waals surface area contributed by atoms with Crippen LogP contribution in [0, 0.1) is 0 Å². The maximum atomic E-state index is 2.43. The molecule has 1 aliphatic carbocycles. The van der Waals surface area contributed by atoms with E-state index in [1.165, 1.54) is 83.1 Å². The van der Waals surface area contributed by atoms with Crippen molar-refractivity contribution in [3.05, 3.63) is 230 Å². The van der Waals surface area contributed by atoms with Crippen LogP contribution < -0.4 is 4.90 Å². The fourth-order valence-electron chi connectivity index (χ4n) is 9.50. The summed E-state index contributed by atoms with van der Waals surface area (Å²) in [7, 11) is 0. The molecule has 1 aromatic heterocycles. The van der Waals surface area contributed by atoms with Crippen molar-refractivity contribution in [2.75, 3.05) is 4.90 Å². The second-order valence-electron chi connectivity index (χ2n) is 16.2. The van der Waals surface area contributed by atoms with Crippen molar-refractivity contribution < 1.29 is 0 Å². The van der Waals surface area contributed by atoms with Gasteiger partial charge in [0, 0.05) is 38.9 Å². The Morgan fingerprint density at radius 1 is 0.356 bits per heavy atom. The van der Waals surface area contributed by atoms with Gasteiger partial charge in [-0.3, -0.25) is 0 Å². The van der Waals surface area contributed by atoms with Gasteiger partial charge in [-0.1, -0.05) is 166 Å². The van der Waals surface area contributed by atoms with Gasteiger partial charge in [0.05, 0.1) is 11.0 Å². The Morgan fingerprint density at radius 3 is 1.71 bits per heavy atom. The van der Waals surface area contributed by atoms with Crippen molar-refractivity contribution >= 4 is 38.9 Å². The van der Waals surface area contributed by atoms with Crippen LogP contribution in [0.3, 0.4) is 0 Å². The van der Waals surface area contributed by atoms with Crippen molar-refractivity contribution in [2.45, 2.75) is 19.3 Å². The number of nitrogens with zero attached hydrogens (tertiary/aromatic N) is 2. The van der Waals surface area contributed by atoms with Crippen molar-refractivity contribution in [1.29, 1.82) is 0 Å². The predicted molar refractivity (Wildman–Crippen MR) is 249 cm³/mol. The summed E-state index contributed by atoms with van der Waals surface area (Å²) in [5.74, 6) is 0. The van der Waals surface area contributed by atoms with Crippen LogP contribution in [0.15, 0.2) is 218 Å². The van der Waals surface area contributed by atoms with E-state index in [1.54, 1.807) is 0 Å². The summed E-state index contributed by atoms with van der Waals surface area (Å²) >= 11 is 0. The van der Waals surface area contributed by atoms with Gasteiger partial charge in [-0.15, -0.1) is 0 Å². The molecule has 0 spiro atoms. The van der Waals surface area contributed by atoms with Crippen LogP contribution in [0.1, 0.15) is 25.0 Å². The first-order valence-corrected chi connectivity index (χ1v) is 20.5. The zero-order valence-electron chi connectivity index (χ0n) is 33.2. The smallest absolute Gasteiger partial charge is 0.0541 e. The summed E-state index contributed by atoms with van der Waals surface area (Å²) in [6.45, 7) is 4.73. The molecule has 0 amide bonds. The van der Waals surface area contributed by atoms with E-state index >= 15 is 0 Å². The average molecular weight is 755 g/mol. The Morgan fingerprint density at radius 2 is 0.932 bits per heavy atom. The number of hydrogen-bond acceptors (Lipinski definition) is 1. The molecule has 2 nitrogen and oxygen atoms in total. The lowest BCUT2D eigenvalue weighted by molar-refractivity contribution is 0.660. The van der Waals surface area contributed by atoms with Gasteiger partial charge in [0.15, 0.2) is 0 Å². The van der Waals surface area contributed by atoms with Gasteiger partial charge in [-0.05, 0) is 122 Å². The molecule has 0 N–H and O–H groups in total. The standard InChI is InChI=1S/C57H42N2/c1-57(2)52-34-33-47(38-51(52)56-48(25-15-26-53(56)57)41-18-8-4-9-19-41)58(46-23-14-20-42(36-46)39-16-6-3-7-17-39)45-31-28-40(29-32-45)43-30-35-55-50(37-43)49-24-12-13-27-54(49)59(55)44-21-10-5-11-22-44/h3-38H,1-2H3. The third-order valence-corrected chi connectivity index (χ3v) is 12.4. The van der Waals surface area contributed by atoms with Crippen molar-refractivity contribution in [3.63, 3.8) is 0 Å². The third-order valence-electron chi connectivity index (χ3n) is 12.4. The minimum atomic E-state index is -0.123.